The molecule has 0 atom stereocenters. The van der Waals surface area contributed by atoms with Gasteiger partial charge in [-0.05, 0) is 0 Å². The van der Waals surface area contributed by atoms with Crippen LogP contribution in [0.2, 0.25) is 0 Å². The van der Waals surface area contributed by atoms with E-state index in [0.29, 0.717) is 5.69 Å². The summed E-state index contributed by atoms with van der Waals surface area (Å²) in [5, 5.41) is 4.14. The van der Waals surface area contributed by atoms with Gasteiger partial charge in [-0.3, -0.25) is 14.4 Å². The lowest BCUT2D eigenvalue weighted by atomic mass is 10.3. The zero-order valence-corrected chi connectivity index (χ0v) is 10.2. The molecule has 0 aliphatic carbocycles. The molecule has 2 rings (SSSR count). The van der Waals surface area contributed by atoms with E-state index in [-0.39, 0.29) is 5.91 Å². The summed E-state index contributed by atoms with van der Waals surface area (Å²) in [5.41, 5.74) is 6.30. The Morgan fingerprint density at radius 2 is 2.06 bits per heavy atom. The van der Waals surface area contributed by atoms with E-state index in [4.69, 9.17) is 5.73 Å². The minimum atomic E-state index is 0.171. The third kappa shape index (κ3) is 3.20. The van der Waals surface area contributed by atoms with Crippen LogP contribution in [0.1, 0.15) is 6.92 Å². The van der Waals surface area contributed by atoms with Crippen LogP contribution < -0.4 is 5.73 Å². The van der Waals surface area contributed by atoms with Crippen molar-refractivity contribution in [1.29, 1.82) is 0 Å². The Morgan fingerprint density at radius 1 is 1.35 bits per heavy atom. The fourth-order valence-electron chi connectivity index (χ4n) is 2.03. The van der Waals surface area contributed by atoms with E-state index in [0.717, 1.165) is 39.3 Å². The number of amides is 1. The monoisotopic (exact) mass is 237 g/mol. The van der Waals surface area contributed by atoms with Gasteiger partial charge in [0.15, 0.2) is 0 Å². The number of hydrogen-bond donors (Lipinski definition) is 1. The van der Waals surface area contributed by atoms with Crippen LogP contribution in [-0.4, -0.2) is 58.2 Å². The van der Waals surface area contributed by atoms with Crippen molar-refractivity contribution in [1.82, 2.24) is 19.6 Å². The molecular formula is C11H19N5O. The number of nitrogen functional groups attached to an aromatic ring is 1. The second-order valence-electron chi connectivity index (χ2n) is 4.38. The number of anilines is 1. The molecule has 0 bridgehead atoms. The average molecular weight is 237 g/mol. The molecule has 17 heavy (non-hydrogen) atoms. The Morgan fingerprint density at radius 3 is 2.59 bits per heavy atom. The number of rotatable bonds is 3. The van der Waals surface area contributed by atoms with Gasteiger partial charge in [0.2, 0.25) is 5.91 Å². The second kappa shape index (κ2) is 5.18. The standard InChI is InChI=1S/C11H19N5O/c1-10(17)15-5-2-14(3-6-15)4-7-16-9-11(12)8-13-16/h8-9H,2-7,12H2,1H3. The van der Waals surface area contributed by atoms with Gasteiger partial charge in [0, 0.05) is 45.8 Å². The number of nitrogens with two attached hydrogens (primary N) is 1. The van der Waals surface area contributed by atoms with Crippen LogP contribution in [0.4, 0.5) is 5.69 Å². The van der Waals surface area contributed by atoms with Gasteiger partial charge in [0.05, 0.1) is 18.4 Å². The van der Waals surface area contributed by atoms with E-state index in [1.54, 1.807) is 13.1 Å². The molecule has 1 fully saturated rings. The molecule has 2 N–H and O–H groups in total. The topological polar surface area (TPSA) is 67.4 Å². The molecule has 0 aromatic carbocycles. The Bertz CT molecular complexity index is 381. The predicted octanol–water partition coefficient (Wildman–Crippen LogP) is -0.371. The molecule has 1 aromatic rings. The summed E-state index contributed by atoms with van der Waals surface area (Å²) in [7, 11) is 0. The highest BCUT2D eigenvalue weighted by atomic mass is 16.2. The number of carbonyl (C=O) groups is 1. The van der Waals surface area contributed by atoms with Crippen molar-refractivity contribution in [2.24, 2.45) is 0 Å². The molecule has 6 nitrogen and oxygen atoms in total. The molecular weight excluding hydrogens is 218 g/mol. The molecule has 1 aliphatic rings. The largest absolute Gasteiger partial charge is 0.396 e. The quantitative estimate of drug-likeness (QED) is 0.779. The van der Waals surface area contributed by atoms with E-state index in [9.17, 15) is 4.79 Å². The summed E-state index contributed by atoms with van der Waals surface area (Å²) >= 11 is 0. The smallest absolute Gasteiger partial charge is 0.219 e. The Kier molecular flexibility index (Phi) is 3.63. The maximum Gasteiger partial charge on any atom is 0.219 e. The van der Waals surface area contributed by atoms with Gasteiger partial charge in [-0.15, -0.1) is 0 Å². The number of piperazine rings is 1. The van der Waals surface area contributed by atoms with Gasteiger partial charge in [0.1, 0.15) is 0 Å². The van der Waals surface area contributed by atoms with Crippen LogP contribution in [0, 0.1) is 0 Å². The summed E-state index contributed by atoms with van der Waals surface area (Å²) in [6, 6.07) is 0. The van der Waals surface area contributed by atoms with Gasteiger partial charge >= 0.3 is 0 Å². The van der Waals surface area contributed by atoms with Crippen LogP contribution in [0.5, 0.6) is 0 Å². The highest BCUT2D eigenvalue weighted by Crippen LogP contribution is 2.03. The van der Waals surface area contributed by atoms with Crippen molar-refractivity contribution in [3.05, 3.63) is 12.4 Å². The van der Waals surface area contributed by atoms with E-state index in [1.165, 1.54) is 0 Å². The maximum absolute atomic E-state index is 11.2. The minimum Gasteiger partial charge on any atom is -0.396 e. The summed E-state index contributed by atoms with van der Waals surface area (Å²) in [6.45, 7) is 6.96. The van der Waals surface area contributed by atoms with Crippen molar-refractivity contribution in [2.75, 3.05) is 38.5 Å². The van der Waals surface area contributed by atoms with E-state index in [2.05, 4.69) is 10.00 Å². The fraction of sp³-hybridized carbons (Fsp3) is 0.636. The Labute approximate surface area is 101 Å². The van der Waals surface area contributed by atoms with Gasteiger partial charge < -0.3 is 10.6 Å². The van der Waals surface area contributed by atoms with Crippen molar-refractivity contribution in [2.45, 2.75) is 13.5 Å². The Hall–Kier alpha value is -1.56. The van der Waals surface area contributed by atoms with Crippen LogP contribution >= 0.6 is 0 Å². The molecule has 6 heteroatoms. The molecule has 0 saturated carbocycles. The van der Waals surface area contributed by atoms with Crippen LogP contribution in [-0.2, 0) is 11.3 Å². The molecule has 2 heterocycles. The lowest BCUT2D eigenvalue weighted by Crippen LogP contribution is -2.48. The molecule has 0 unspecified atom stereocenters. The molecule has 0 radical (unpaired) electrons. The first-order valence-electron chi connectivity index (χ1n) is 5.91. The van der Waals surface area contributed by atoms with Gasteiger partial charge in [0.25, 0.3) is 0 Å². The molecule has 1 amide bonds. The first-order chi connectivity index (χ1) is 8.15. The first-order valence-corrected chi connectivity index (χ1v) is 5.91. The highest BCUT2D eigenvalue weighted by Gasteiger charge is 2.17. The van der Waals surface area contributed by atoms with Crippen LogP contribution in [0.15, 0.2) is 12.4 Å². The number of carbonyl (C=O) groups excluding carboxylic acids is 1. The molecule has 94 valence electrons. The predicted molar refractivity (Wildman–Crippen MR) is 65.3 cm³/mol. The van der Waals surface area contributed by atoms with Crippen LogP contribution in [0.25, 0.3) is 0 Å². The Balaban J connectivity index is 1.73. The normalized spacial score (nSPS) is 17.4. The number of hydrogen-bond acceptors (Lipinski definition) is 4. The van der Waals surface area contributed by atoms with E-state index < -0.39 is 0 Å². The SMILES string of the molecule is CC(=O)N1CCN(CCn2cc(N)cn2)CC1. The van der Waals surface area contributed by atoms with Crippen molar-refractivity contribution < 1.29 is 4.79 Å². The molecule has 0 spiro atoms. The number of nitrogens with zero attached hydrogens (tertiary/aromatic N) is 4. The van der Waals surface area contributed by atoms with Crippen molar-refractivity contribution in [3.8, 4) is 0 Å². The summed E-state index contributed by atoms with van der Waals surface area (Å²) in [4.78, 5) is 15.4. The molecule has 1 saturated heterocycles. The van der Waals surface area contributed by atoms with Crippen molar-refractivity contribution in [3.63, 3.8) is 0 Å². The molecule has 1 aromatic heterocycles. The summed E-state index contributed by atoms with van der Waals surface area (Å²) in [6.07, 6.45) is 3.50. The highest BCUT2D eigenvalue weighted by molar-refractivity contribution is 5.73. The lowest BCUT2D eigenvalue weighted by Gasteiger charge is -2.34. The zero-order chi connectivity index (χ0) is 12.3. The van der Waals surface area contributed by atoms with E-state index >= 15 is 0 Å². The lowest BCUT2D eigenvalue weighted by molar-refractivity contribution is -0.130. The van der Waals surface area contributed by atoms with Gasteiger partial charge in [-0.25, -0.2) is 0 Å². The first kappa shape index (κ1) is 11.9. The van der Waals surface area contributed by atoms with Crippen LogP contribution in [0.3, 0.4) is 0 Å². The fourth-order valence-corrected chi connectivity index (χ4v) is 2.03. The second-order valence-corrected chi connectivity index (χ2v) is 4.38. The maximum atomic E-state index is 11.2. The van der Waals surface area contributed by atoms with Gasteiger partial charge in [-0.1, -0.05) is 0 Å². The van der Waals surface area contributed by atoms with Gasteiger partial charge in [-0.2, -0.15) is 5.10 Å². The third-order valence-corrected chi connectivity index (χ3v) is 3.12. The summed E-state index contributed by atoms with van der Waals surface area (Å²) < 4.78 is 1.85. The molecule has 1 aliphatic heterocycles. The summed E-state index contributed by atoms with van der Waals surface area (Å²) in [5.74, 6) is 0.171. The van der Waals surface area contributed by atoms with E-state index in [1.807, 2.05) is 15.8 Å². The average Bonchev–Trinajstić information content (AvgIpc) is 2.73. The minimum absolute atomic E-state index is 0.171. The van der Waals surface area contributed by atoms with Crippen molar-refractivity contribution >= 4 is 11.6 Å². The third-order valence-electron chi connectivity index (χ3n) is 3.12. The number of aromatic nitrogens is 2. The zero-order valence-electron chi connectivity index (χ0n) is 10.2.